The average Bonchev–Trinajstić information content (AvgIpc) is 3.18. The molecule has 0 spiro atoms. The molecule has 0 heterocycles. The normalized spacial score (nSPS) is 12.2. The average molecular weight is 811 g/mol. The first-order valence-corrected chi connectivity index (χ1v) is 29.1. The Hall–Kier alpha value is -0.440. The summed E-state index contributed by atoms with van der Waals surface area (Å²) in [7, 11) is -5.17. The van der Waals surface area contributed by atoms with Gasteiger partial charge in [-0.2, -0.15) is 8.42 Å². The topological polar surface area (TPSA) is 54.4 Å². The van der Waals surface area contributed by atoms with E-state index in [4.69, 9.17) is 0 Å². The van der Waals surface area contributed by atoms with Gasteiger partial charge in [0.1, 0.15) is 0 Å². The molecule has 0 atom stereocenters. The summed E-state index contributed by atoms with van der Waals surface area (Å²) in [5.41, 5.74) is 0.726. The monoisotopic (exact) mass is 811 g/mol. The summed E-state index contributed by atoms with van der Waals surface area (Å²) in [6.07, 6.45) is 55.7. The molecule has 0 unspecified atom stereocenters. The van der Waals surface area contributed by atoms with E-state index in [-0.39, 0.29) is 4.90 Å². The molecule has 1 aromatic rings. The van der Waals surface area contributed by atoms with Crippen LogP contribution in [0.3, 0.4) is 0 Å². The van der Waals surface area contributed by atoms with Gasteiger partial charge in [0.25, 0.3) is 10.1 Å². The van der Waals surface area contributed by atoms with Crippen molar-refractivity contribution in [2.45, 2.75) is 264 Å². The molecule has 0 aliphatic carbocycles. The van der Waals surface area contributed by atoms with Gasteiger partial charge in [-0.05, 0) is 24.5 Å². The van der Waals surface area contributed by atoms with E-state index in [2.05, 4.69) is 34.6 Å². The van der Waals surface area contributed by atoms with Crippen LogP contribution in [0.2, 0.25) is 0 Å². The van der Waals surface area contributed by atoms with Gasteiger partial charge in [0.15, 0.2) is 0 Å². The van der Waals surface area contributed by atoms with Crippen molar-refractivity contribution in [3.63, 3.8) is 0 Å². The molecule has 1 aromatic carbocycles. The first kappa shape index (κ1) is 54.6. The maximum absolute atomic E-state index is 11.3. The second-order valence-corrected chi connectivity index (χ2v) is 24.0. The van der Waals surface area contributed by atoms with E-state index < -0.39 is 17.4 Å². The Labute approximate surface area is 347 Å². The zero-order valence-corrected chi connectivity index (χ0v) is 39.9. The summed E-state index contributed by atoms with van der Waals surface area (Å²) in [6, 6.07) is 6.73. The van der Waals surface area contributed by atoms with E-state index in [0.717, 1.165) is 18.4 Å². The van der Waals surface area contributed by atoms with Crippen LogP contribution in [0.25, 0.3) is 0 Å². The second kappa shape index (κ2) is 40.3. The molecule has 0 saturated carbocycles. The van der Waals surface area contributed by atoms with Gasteiger partial charge in [-0.3, -0.25) is 4.55 Å². The quantitative estimate of drug-likeness (QED) is 0.0408. The van der Waals surface area contributed by atoms with Crippen molar-refractivity contribution >= 4 is 17.4 Å². The van der Waals surface area contributed by atoms with Gasteiger partial charge < -0.3 is 0 Å². The number of aryl methyl sites for hydroxylation is 1. The number of rotatable bonds is 40. The van der Waals surface area contributed by atoms with Crippen LogP contribution in [0.5, 0.6) is 0 Å². The minimum atomic E-state index is -4.10. The predicted molar refractivity (Wildman–Crippen MR) is 253 cm³/mol. The standard InChI is InChI=1S/C32H69P.C18H30O3S/c1-5-9-13-17-21-25-29-33(30-26-22-18-14-10-6-2,31-27-23-19-15-11-7-3)32-28-24-20-16-12-8-4;1-2-3-4-5-6-7-8-9-10-11-14-17-15-12-13-16-18(17)22(19,20)21/h33H,5-32H2,1-4H3;12-13,15-16H,2-11,14H2,1H3,(H,19,20,21). The molecule has 0 aromatic heterocycles. The zero-order valence-electron chi connectivity index (χ0n) is 38.1. The third-order valence-corrected chi connectivity index (χ3v) is 18.9. The molecule has 0 radical (unpaired) electrons. The van der Waals surface area contributed by atoms with Crippen molar-refractivity contribution in [1.82, 2.24) is 0 Å². The summed E-state index contributed by atoms with van der Waals surface area (Å²) in [6.45, 7) is 11.6. The van der Waals surface area contributed by atoms with Gasteiger partial charge in [0.05, 0.1) is 4.90 Å². The van der Waals surface area contributed by atoms with Crippen molar-refractivity contribution in [1.29, 1.82) is 0 Å². The van der Waals surface area contributed by atoms with E-state index in [0.29, 0.717) is 6.42 Å². The third kappa shape index (κ3) is 34.2. The Morgan fingerprint density at radius 3 is 0.927 bits per heavy atom. The van der Waals surface area contributed by atoms with Crippen LogP contribution in [0.1, 0.15) is 258 Å². The molecule has 0 saturated heterocycles. The van der Waals surface area contributed by atoms with Crippen LogP contribution in [0.4, 0.5) is 0 Å². The van der Waals surface area contributed by atoms with E-state index in [1.165, 1.54) is 186 Å². The fraction of sp³-hybridized carbons (Fsp3) is 0.880. The van der Waals surface area contributed by atoms with E-state index in [9.17, 15) is 13.0 Å². The molecule has 328 valence electrons. The molecule has 0 bridgehead atoms. The Morgan fingerprint density at radius 1 is 0.382 bits per heavy atom. The predicted octanol–water partition coefficient (Wildman–Crippen LogP) is 17.6. The van der Waals surface area contributed by atoms with E-state index in [1.54, 1.807) is 62.5 Å². The van der Waals surface area contributed by atoms with Crippen molar-refractivity contribution in [2.24, 2.45) is 0 Å². The van der Waals surface area contributed by atoms with Crippen LogP contribution in [-0.2, 0) is 16.5 Å². The van der Waals surface area contributed by atoms with Crippen LogP contribution in [0.15, 0.2) is 29.2 Å². The molecule has 1 rings (SSSR count). The van der Waals surface area contributed by atoms with Crippen molar-refractivity contribution in [2.75, 3.05) is 24.6 Å². The molecule has 0 amide bonds. The van der Waals surface area contributed by atoms with Gasteiger partial charge in [0.2, 0.25) is 0 Å². The number of benzene rings is 1. The SMILES string of the molecule is CCCCCCCCCCCCc1ccccc1S(=O)(=O)O.CCCCCCCC[PH](CCCCCCCC)(CCCCCCCC)CCCCCCCC. The van der Waals surface area contributed by atoms with Crippen molar-refractivity contribution in [3.8, 4) is 0 Å². The number of hydrogen-bond acceptors (Lipinski definition) is 2. The Morgan fingerprint density at radius 2 is 0.636 bits per heavy atom. The second-order valence-electron chi connectivity index (χ2n) is 17.6. The maximum atomic E-state index is 11.3. The molecule has 0 aliphatic heterocycles. The summed E-state index contributed by atoms with van der Waals surface area (Å²) in [4.78, 5) is 0.0610. The van der Waals surface area contributed by atoms with Gasteiger partial charge >= 0.3 is 214 Å². The summed E-state index contributed by atoms with van der Waals surface area (Å²) < 4.78 is 31.8. The Bertz CT molecular complexity index is 956. The molecule has 5 heteroatoms. The van der Waals surface area contributed by atoms with Crippen LogP contribution >= 0.6 is 7.26 Å². The number of unbranched alkanes of at least 4 members (excludes halogenated alkanes) is 29. The van der Waals surface area contributed by atoms with Gasteiger partial charge in [-0.1, -0.05) is 82.9 Å². The van der Waals surface area contributed by atoms with Crippen LogP contribution in [-0.4, -0.2) is 37.6 Å². The van der Waals surface area contributed by atoms with Gasteiger partial charge in [-0.15, -0.1) is 0 Å². The number of hydrogen-bond donors (Lipinski definition) is 1. The van der Waals surface area contributed by atoms with Gasteiger partial charge in [-0.25, -0.2) is 0 Å². The molecule has 0 fully saturated rings. The summed E-state index contributed by atoms with van der Waals surface area (Å²) in [5.74, 6) is 0. The fourth-order valence-corrected chi connectivity index (χ4v) is 14.9. The molecule has 1 N–H and O–H groups in total. The molecule has 3 nitrogen and oxygen atoms in total. The first-order valence-electron chi connectivity index (χ1n) is 24.9. The summed E-state index contributed by atoms with van der Waals surface area (Å²) in [5, 5.41) is 0. The minimum absolute atomic E-state index is 0.0610. The molecular weight excluding hydrogens is 712 g/mol. The zero-order chi connectivity index (χ0) is 40.6. The molecule has 55 heavy (non-hydrogen) atoms. The Kier molecular flexibility index (Phi) is 40.0. The van der Waals surface area contributed by atoms with Crippen molar-refractivity contribution < 1.29 is 13.0 Å². The van der Waals surface area contributed by atoms with E-state index >= 15 is 0 Å². The first-order chi connectivity index (χ1) is 26.8. The van der Waals surface area contributed by atoms with Crippen LogP contribution < -0.4 is 0 Å². The summed E-state index contributed by atoms with van der Waals surface area (Å²) >= 11 is 0. The third-order valence-electron chi connectivity index (χ3n) is 12.3. The van der Waals surface area contributed by atoms with Crippen LogP contribution in [0, 0.1) is 0 Å². The molecular formula is C50H99O3PS. The van der Waals surface area contributed by atoms with Gasteiger partial charge in [0, 0.05) is 0 Å². The van der Waals surface area contributed by atoms with Crippen molar-refractivity contribution in [3.05, 3.63) is 29.8 Å². The Balaban J connectivity index is 0.00000115. The fourth-order valence-electron chi connectivity index (χ4n) is 8.64. The molecule has 0 aliphatic rings. The van der Waals surface area contributed by atoms with E-state index in [1.807, 2.05) is 6.07 Å².